The first-order valence-electron chi connectivity index (χ1n) is 12.0. The molecular formula is C25H31BrN4O6S. The number of rotatable bonds is 10. The van der Waals surface area contributed by atoms with E-state index in [4.69, 9.17) is 0 Å². The van der Waals surface area contributed by atoms with Crippen molar-refractivity contribution >= 4 is 49.1 Å². The number of amides is 2. The minimum atomic E-state index is -3.98. The maximum absolute atomic E-state index is 13.6. The van der Waals surface area contributed by atoms with E-state index in [-0.39, 0.29) is 29.9 Å². The van der Waals surface area contributed by atoms with Crippen molar-refractivity contribution in [3.63, 3.8) is 0 Å². The Morgan fingerprint density at radius 3 is 2.38 bits per heavy atom. The first kappa shape index (κ1) is 28.6. The SMILES string of the molecule is C[C@@H](C(=O)NC1CCCCC1)N(Cc1ccc(Br)cc1)C(=O)CN(c1cccc([N+](=O)[O-])c1)S(C)(=O)=O. The molecule has 0 heterocycles. The van der Waals surface area contributed by atoms with E-state index in [2.05, 4.69) is 21.2 Å². The van der Waals surface area contributed by atoms with Crippen LogP contribution in [0.25, 0.3) is 0 Å². The van der Waals surface area contributed by atoms with E-state index in [9.17, 15) is 28.1 Å². The van der Waals surface area contributed by atoms with Crippen molar-refractivity contribution < 1.29 is 22.9 Å². The third-order valence-electron chi connectivity index (χ3n) is 6.39. The molecule has 1 aliphatic carbocycles. The molecule has 0 radical (unpaired) electrons. The van der Waals surface area contributed by atoms with Crippen molar-refractivity contribution in [2.75, 3.05) is 17.1 Å². The summed E-state index contributed by atoms with van der Waals surface area (Å²) < 4.78 is 26.9. The highest BCUT2D eigenvalue weighted by molar-refractivity contribution is 9.10. The van der Waals surface area contributed by atoms with E-state index in [1.807, 2.05) is 24.3 Å². The fourth-order valence-electron chi connectivity index (χ4n) is 4.31. The second kappa shape index (κ2) is 12.5. The second-order valence-electron chi connectivity index (χ2n) is 9.21. The average Bonchev–Trinajstić information content (AvgIpc) is 2.86. The number of nitrogens with one attached hydrogen (secondary N) is 1. The number of nitrogens with zero attached hydrogens (tertiary/aromatic N) is 3. The summed E-state index contributed by atoms with van der Waals surface area (Å²) in [6.07, 6.45) is 5.90. The Morgan fingerprint density at radius 1 is 1.14 bits per heavy atom. The summed E-state index contributed by atoms with van der Waals surface area (Å²) >= 11 is 3.38. The molecule has 37 heavy (non-hydrogen) atoms. The molecule has 1 aliphatic rings. The van der Waals surface area contributed by atoms with Crippen LogP contribution >= 0.6 is 15.9 Å². The summed E-state index contributed by atoms with van der Waals surface area (Å²) in [5.74, 6) is -0.912. The lowest BCUT2D eigenvalue weighted by Crippen LogP contribution is -2.52. The van der Waals surface area contributed by atoms with Gasteiger partial charge in [0, 0.05) is 29.2 Å². The molecule has 2 amide bonds. The molecule has 1 atom stereocenters. The van der Waals surface area contributed by atoms with Crippen molar-refractivity contribution in [2.45, 2.75) is 57.7 Å². The van der Waals surface area contributed by atoms with Crippen molar-refractivity contribution in [3.05, 3.63) is 68.7 Å². The molecule has 0 unspecified atom stereocenters. The zero-order valence-corrected chi connectivity index (χ0v) is 23.2. The largest absolute Gasteiger partial charge is 0.352 e. The van der Waals surface area contributed by atoms with Crippen LogP contribution in [0.1, 0.15) is 44.6 Å². The zero-order valence-electron chi connectivity index (χ0n) is 20.8. The van der Waals surface area contributed by atoms with Gasteiger partial charge in [-0.05, 0) is 43.5 Å². The number of carbonyl (C=O) groups excluding carboxylic acids is 2. The Kier molecular flexibility index (Phi) is 9.66. The number of benzene rings is 2. The number of non-ortho nitro benzene ring substituents is 1. The first-order chi connectivity index (χ1) is 17.5. The zero-order chi connectivity index (χ0) is 27.2. The fraction of sp³-hybridized carbons (Fsp3) is 0.440. The summed E-state index contributed by atoms with van der Waals surface area (Å²) in [7, 11) is -3.98. The molecule has 0 saturated heterocycles. The predicted molar refractivity (Wildman–Crippen MR) is 144 cm³/mol. The first-order valence-corrected chi connectivity index (χ1v) is 14.7. The lowest BCUT2D eigenvalue weighted by Gasteiger charge is -2.33. The monoisotopic (exact) mass is 594 g/mol. The van der Waals surface area contributed by atoms with Crippen LogP contribution in [0.5, 0.6) is 0 Å². The quantitative estimate of drug-likeness (QED) is 0.327. The summed E-state index contributed by atoms with van der Waals surface area (Å²) in [6, 6.07) is 11.5. The third-order valence-corrected chi connectivity index (χ3v) is 8.06. The molecule has 3 rings (SSSR count). The van der Waals surface area contributed by atoms with Crippen molar-refractivity contribution in [3.8, 4) is 0 Å². The van der Waals surface area contributed by atoms with Gasteiger partial charge in [0.2, 0.25) is 21.8 Å². The Labute approximate surface area is 225 Å². The molecule has 0 spiro atoms. The van der Waals surface area contributed by atoms with Crippen molar-refractivity contribution in [1.29, 1.82) is 0 Å². The van der Waals surface area contributed by atoms with Crippen LogP contribution < -0.4 is 9.62 Å². The van der Waals surface area contributed by atoms with E-state index in [1.165, 1.54) is 23.1 Å². The lowest BCUT2D eigenvalue weighted by atomic mass is 9.95. The topological polar surface area (TPSA) is 130 Å². The van der Waals surface area contributed by atoms with E-state index in [0.717, 1.165) is 58.8 Å². The maximum atomic E-state index is 13.6. The number of anilines is 1. The number of halogens is 1. The molecule has 2 aromatic rings. The van der Waals surface area contributed by atoms with Gasteiger partial charge in [-0.3, -0.25) is 24.0 Å². The van der Waals surface area contributed by atoms with E-state index in [1.54, 1.807) is 6.92 Å². The molecule has 10 nitrogen and oxygen atoms in total. The van der Waals surface area contributed by atoms with Gasteiger partial charge in [-0.2, -0.15) is 0 Å². The third kappa shape index (κ3) is 8.00. The molecule has 0 aromatic heterocycles. The number of carbonyl (C=O) groups is 2. The fourth-order valence-corrected chi connectivity index (χ4v) is 5.42. The van der Waals surface area contributed by atoms with Gasteiger partial charge in [-0.25, -0.2) is 8.42 Å². The van der Waals surface area contributed by atoms with Gasteiger partial charge in [-0.15, -0.1) is 0 Å². The van der Waals surface area contributed by atoms with Gasteiger partial charge in [-0.1, -0.05) is 53.4 Å². The van der Waals surface area contributed by atoms with Crippen molar-refractivity contribution in [2.24, 2.45) is 0 Å². The molecule has 2 aromatic carbocycles. The number of nitro benzene ring substituents is 1. The maximum Gasteiger partial charge on any atom is 0.271 e. The summed E-state index contributed by atoms with van der Waals surface area (Å²) in [4.78, 5) is 38.7. The Hall–Kier alpha value is -2.99. The summed E-state index contributed by atoms with van der Waals surface area (Å²) in [6.45, 7) is 1.09. The summed E-state index contributed by atoms with van der Waals surface area (Å²) in [5.41, 5.74) is 0.452. The highest BCUT2D eigenvalue weighted by Crippen LogP contribution is 2.24. The van der Waals surface area contributed by atoms with E-state index in [0.29, 0.717) is 0 Å². The Balaban J connectivity index is 1.89. The average molecular weight is 596 g/mol. The van der Waals surface area contributed by atoms with Crippen LogP contribution in [-0.4, -0.2) is 54.9 Å². The number of nitro groups is 1. The Morgan fingerprint density at radius 2 is 1.78 bits per heavy atom. The highest BCUT2D eigenvalue weighted by Gasteiger charge is 2.31. The molecule has 1 fully saturated rings. The van der Waals surface area contributed by atoms with Crippen LogP contribution in [0.2, 0.25) is 0 Å². The minimum absolute atomic E-state index is 0.00653. The number of hydrogen-bond acceptors (Lipinski definition) is 6. The molecule has 200 valence electrons. The van der Waals surface area contributed by atoms with E-state index >= 15 is 0 Å². The predicted octanol–water partition coefficient (Wildman–Crippen LogP) is 3.99. The van der Waals surface area contributed by atoms with Gasteiger partial charge in [0.1, 0.15) is 12.6 Å². The van der Waals surface area contributed by atoms with Gasteiger partial charge >= 0.3 is 0 Å². The van der Waals surface area contributed by atoms with Crippen LogP contribution in [0, 0.1) is 10.1 Å². The van der Waals surface area contributed by atoms with Crippen LogP contribution in [0.15, 0.2) is 53.0 Å². The van der Waals surface area contributed by atoms with Crippen LogP contribution in [0.4, 0.5) is 11.4 Å². The van der Waals surface area contributed by atoms with Gasteiger partial charge in [0.05, 0.1) is 16.9 Å². The van der Waals surface area contributed by atoms with Crippen LogP contribution in [-0.2, 0) is 26.2 Å². The minimum Gasteiger partial charge on any atom is -0.352 e. The van der Waals surface area contributed by atoms with E-state index < -0.39 is 33.4 Å². The molecule has 1 N–H and O–H groups in total. The van der Waals surface area contributed by atoms with Crippen molar-refractivity contribution in [1.82, 2.24) is 10.2 Å². The number of sulfonamides is 1. The van der Waals surface area contributed by atoms with Crippen LogP contribution in [0.3, 0.4) is 0 Å². The Bertz CT molecular complexity index is 1230. The molecular weight excluding hydrogens is 564 g/mol. The molecule has 12 heteroatoms. The number of hydrogen-bond donors (Lipinski definition) is 1. The normalized spacial score (nSPS) is 15.0. The standard InChI is InChI=1S/C25H31BrN4O6S/c1-18(25(32)27-21-7-4-3-5-8-21)28(16-19-11-13-20(26)14-12-19)24(31)17-29(37(2,35)36)22-9-6-10-23(15-22)30(33)34/h6,9-15,18,21H,3-5,7-8,16-17H2,1-2H3,(H,27,32)/t18-/m0/s1. The lowest BCUT2D eigenvalue weighted by molar-refractivity contribution is -0.384. The molecule has 1 saturated carbocycles. The summed E-state index contributed by atoms with van der Waals surface area (Å²) in [5, 5.41) is 14.3. The van der Waals surface area contributed by atoms with Gasteiger partial charge in [0.15, 0.2) is 0 Å². The highest BCUT2D eigenvalue weighted by atomic mass is 79.9. The molecule has 0 aliphatic heterocycles. The smallest absolute Gasteiger partial charge is 0.271 e. The van der Waals surface area contributed by atoms with Gasteiger partial charge in [0.25, 0.3) is 5.69 Å². The van der Waals surface area contributed by atoms with Gasteiger partial charge < -0.3 is 10.2 Å². The molecule has 0 bridgehead atoms. The second-order valence-corrected chi connectivity index (χ2v) is 12.0.